The van der Waals surface area contributed by atoms with Crippen molar-refractivity contribution >= 4 is 11.6 Å². The molecule has 18 heavy (non-hydrogen) atoms. The van der Waals surface area contributed by atoms with E-state index in [4.69, 9.17) is 21.1 Å². The van der Waals surface area contributed by atoms with Gasteiger partial charge in [0.25, 0.3) is 0 Å². The summed E-state index contributed by atoms with van der Waals surface area (Å²) >= 11 is 6.28. The highest BCUT2D eigenvalue weighted by atomic mass is 35.5. The van der Waals surface area contributed by atoms with Crippen LogP contribution in [0.15, 0.2) is 12.1 Å². The minimum absolute atomic E-state index is 0.262. The molecule has 0 aromatic heterocycles. The number of halogens is 1. The molecular formula is C14H22ClNO2. The Morgan fingerprint density at radius 1 is 1.22 bits per heavy atom. The third-order valence-electron chi connectivity index (χ3n) is 2.92. The van der Waals surface area contributed by atoms with Crippen LogP contribution in [0.25, 0.3) is 0 Å². The van der Waals surface area contributed by atoms with Crippen molar-refractivity contribution in [3.05, 3.63) is 22.7 Å². The molecule has 0 spiro atoms. The van der Waals surface area contributed by atoms with Crippen LogP contribution >= 0.6 is 11.6 Å². The van der Waals surface area contributed by atoms with Gasteiger partial charge in [0.1, 0.15) is 16.5 Å². The van der Waals surface area contributed by atoms with Gasteiger partial charge in [0, 0.05) is 11.6 Å². The van der Waals surface area contributed by atoms with E-state index in [2.05, 4.69) is 19.2 Å². The Bertz CT molecular complexity index is 376. The summed E-state index contributed by atoms with van der Waals surface area (Å²) in [6, 6.07) is 4.17. The molecule has 4 heteroatoms. The fourth-order valence-electron chi connectivity index (χ4n) is 2.10. The maximum Gasteiger partial charge on any atom is 0.146 e. The van der Waals surface area contributed by atoms with E-state index in [1.807, 2.05) is 12.1 Å². The summed E-state index contributed by atoms with van der Waals surface area (Å²) in [5.74, 6) is 1.35. The van der Waals surface area contributed by atoms with E-state index >= 15 is 0 Å². The summed E-state index contributed by atoms with van der Waals surface area (Å²) in [5.41, 5.74) is 1.09. The van der Waals surface area contributed by atoms with E-state index in [1.165, 1.54) is 0 Å². The van der Waals surface area contributed by atoms with Gasteiger partial charge in [-0.2, -0.15) is 0 Å². The average molecular weight is 272 g/mol. The molecule has 1 N–H and O–H groups in total. The predicted molar refractivity (Wildman–Crippen MR) is 75.9 cm³/mol. The molecule has 0 bridgehead atoms. The fourth-order valence-corrected chi connectivity index (χ4v) is 2.42. The van der Waals surface area contributed by atoms with Gasteiger partial charge in [-0.05, 0) is 25.1 Å². The zero-order valence-corrected chi connectivity index (χ0v) is 12.3. The number of methoxy groups -OCH3 is 2. The minimum atomic E-state index is 0.262. The molecule has 102 valence electrons. The molecule has 1 rings (SSSR count). The molecule has 3 nitrogen and oxygen atoms in total. The van der Waals surface area contributed by atoms with Crippen molar-refractivity contribution in [3.63, 3.8) is 0 Å². The molecule has 0 radical (unpaired) electrons. The summed E-state index contributed by atoms with van der Waals surface area (Å²) in [5, 5.41) is 4.00. The van der Waals surface area contributed by atoms with Crippen molar-refractivity contribution in [1.82, 2.24) is 5.32 Å². The number of benzene rings is 1. The second-order valence-electron chi connectivity index (χ2n) is 4.10. The first kappa shape index (κ1) is 15.1. The zero-order chi connectivity index (χ0) is 13.5. The highest BCUT2D eigenvalue weighted by Crippen LogP contribution is 2.40. The van der Waals surface area contributed by atoms with E-state index < -0.39 is 0 Å². The van der Waals surface area contributed by atoms with E-state index in [1.54, 1.807) is 14.2 Å². The molecule has 0 aliphatic carbocycles. The van der Waals surface area contributed by atoms with Crippen LogP contribution in [-0.4, -0.2) is 20.8 Å². The highest BCUT2D eigenvalue weighted by Gasteiger charge is 2.19. The fraction of sp³-hybridized carbons (Fsp3) is 0.571. The Morgan fingerprint density at radius 2 is 1.94 bits per heavy atom. The highest BCUT2D eigenvalue weighted by molar-refractivity contribution is 6.33. The first-order valence-corrected chi connectivity index (χ1v) is 6.71. The third-order valence-corrected chi connectivity index (χ3v) is 3.28. The van der Waals surface area contributed by atoms with Gasteiger partial charge < -0.3 is 14.8 Å². The lowest BCUT2D eigenvalue weighted by molar-refractivity contribution is 0.382. The lowest BCUT2D eigenvalue weighted by Crippen LogP contribution is -2.21. The van der Waals surface area contributed by atoms with Gasteiger partial charge in [0.15, 0.2) is 0 Å². The van der Waals surface area contributed by atoms with Gasteiger partial charge in [-0.1, -0.05) is 31.9 Å². The Kier molecular flexibility index (Phi) is 6.30. The van der Waals surface area contributed by atoms with Crippen molar-refractivity contribution in [3.8, 4) is 11.5 Å². The Morgan fingerprint density at radius 3 is 2.44 bits per heavy atom. The second kappa shape index (κ2) is 7.49. The van der Waals surface area contributed by atoms with Gasteiger partial charge in [-0.25, -0.2) is 0 Å². The van der Waals surface area contributed by atoms with Crippen LogP contribution in [0.3, 0.4) is 0 Å². The standard InChI is InChI=1S/C14H22ClNO2/c1-5-7-11(16-6-2)10-8-9-12(17-3)13(15)14(10)18-4/h8-9,11,16H,5-7H2,1-4H3. The molecule has 1 aromatic rings. The molecule has 0 aliphatic rings. The first-order chi connectivity index (χ1) is 8.69. The van der Waals surface area contributed by atoms with E-state index in [0.717, 1.165) is 24.9 Å². The monoisotopic (exact) mass is 271 g/mol. The van der Waals surface area contributed by atoms with Crippen LogP contribution in [0.4, 0.5) is 0 Å². The van der Waals surface area contributed by atoms with Crippen LogP contribution in [0.2, 0.25) is 5.02 Å². The SMILES string of the molecule is CCCC(NCC)c1ccc(OC)c(Cl)c1OC. The maximum atomic E-state index is 6.28. The van der Waals surface area contributed by atoms with Gasteiger partial charge in [0.2, 0.25) is 0 Å². The Balaban J connectivity index is 3.16. The van der Waals surface area contributed by atoms with Gasteiger partial charge in [-0.3, -0.25) is 0 Å². The number of ether oxygens (including phenoxy) is 2. The summed E-state index contributed by atoms with van der Waals surface area (Å²) < 4.78 is 10.7. The van der Waals surface area contributed by atoms with Crippen molar-refractivity contribution in [2.24, 2.45) is 0 Å². The smallest absolute Gasteiger partial charge is 0.146 e. The van der Waals surface area contributed by atoms with Crippen LogP contribution in [0.1, 0.15) is 38.3 Å². The second-order valence-corrected chi connectivity index (χ2v) is 4.48. The summed E-state index contributed by atoms with van der Waals surface area (Å²) in [6.45, 7) is 5.18. The molecule has 0 amide bonds. The van der Waals surface area contributed by atoms with Crippen LogP contribution in [0, 0.1) is 0 Å². The quantitative estimate of drug-likeness (QED) is 0.818. The van der Waals surface area contributed by atoms with Crippen molar-refractivity contribution in [2.45, 2.75) is 32.7 Å². The Hall–Kier alpha value is -0.930. The lowest BCUT2D eigenvalue weighted by atomic mass is 10.0. The minimum Gasteiger partial charge on any atom is -0.495 e. The number of hydrogen-bond donors (Lipinski definition) is 1. The largest absolute Gasteiger partial charge is 0.495 e. The molecule has 0 aliphatic heterocycles. The van der Waals surface area contributed by atoms with Gasteiger partial charge >= 0.3 is 0 Å². The molecule has 0 heterocycles. The topological polar surface area (TPSA) is 30.5 Å². The van der Waals surface area contributed by atoms with Crippen molar-refractivity contribution in [1.29, 1.82) is 0 Å². The molecular weight excluding hydrogens is 250 g/mol. The number of hydrogen-bond acceptors (Lipinski definition) is 3. The summed E-state index contributed by atoms with van der Waals surface area (Å²) in [6.07, 6.45) is 2.15. The summed E-state index contributed by atoms with van der Waals surface area (Å²) in [7, 11) is 3.24. The number of nitrogens with one attached hydrogen (secondary N) is 1. The molecule has 1 aromatic carbocycles. The molecule has 1 atom stereocenters. The van der Waals surface area contributed by atoms with Crippen LogP contribution in [0.5, 0.6) is 11.5 Å². The summed E-state index contributed by atoms with van der Waals surface area (Å²) in [4.78, 5) is 0. The zero-order valence-electron chi connectivity index (χ0n) is 11.5. The molecule has 0 saturated heterocycles. The van der Waals surface area contributed by atoms with E-state index in [-0.39, 0.29) is 6.04 Å². The predicted octanol–water partition coefficient (Wildman–Crippen LogP) is 3.81. The maximum absolute atomic E-state index is 6.28. The Labute approximate surface area is 114 Å². The first-order valence-electron chi connectivity index (χ1n) is 6.33. The molecule has 0 saturated carbocycles. The van der Waals surface area contributed by atoms with E-state index in [9.17, 15) is 0 Å². The van der Waals surface area contributed by atoms with E-state index in [0.29, 0.717) is 16.5 Å². The van der Waals surface area contributed by atoms with Crippen LogP contribution in [-0.2, 0) is 0 Å². The van der Waals surface area contributed by atoms with Gasteiger partial charge in [-0.15, -0.1) is 0 Å². The van der Waals surface area contributed by atoms with Gasteiger partial charge in [0.05, 0.1) is 14.2 Å². The molecule has 1 unspecified atom stereocenters. The van der Waals surface area contributed by atoms with Crippen molar-refractivity contribution < 1.29 is 9.47 Å². The average Bonchev–Trinajstić information content (AvgIpc) is 2.38. The number of rotatable bonds is 7. The van der Waals surface area contributed by atoms with Crippen LogP contribution < -0.4 is 14.8 Å². The van der Waals surface area contributed by atoms with Crippen molar-refractivity contribution in [2.75, 3.05) is 20.8 Å². The lowest BCUT2D eigenvalue weighted by Gasteiger charge is -2.21. The molecule has 0 fully saturated rings. The normalized spacial score (nSPS) is 12.3. The third kappa shape index (κ3) is 3.30.